The van der Waals surface area contributed by atoms with Gasteiger partial charge in [-0.2, -0.15) is 0 Å². The van der Waals surface area contributed by atoms with E-state index in [2.05, 4.69) is 10.6 Å². The van der Waals surface area contributed by atoms with Gasteiger partial charge in [0.15, 0.2) is 0 Å². The average Bonchev–Trinajstić information content (AvgIpc) is 2.42. The molecule has 0 bridgehead atoms. The number of benzene rings is 1. The van der Waals surface area contributed by atoms with Crippen molar-refractivity contribution in [1.29, 1.82) is 0 Å². The number of rotatable bonds is 5. The Balaban J connectivity index is 2.38. The highest BCUT2D eigenvalue weighted by atomic mass is 16.2. The van der Waals surface area contributed by atoms with E-state index >= 15 is 0 Å². The average molecular weight is 278 g/mol. The second-order valence-electron chi connectivity index (χ2n) is 4.81. The molecule has 0 saturated carbocycles. The lowest BCUT2D eigenvalue weighted by Crippen LogP contribution is -2.40. The summed E-state index contributed by atoms with van der Waals surface area (Å²) in [5.41, 5.74) is 7.21. The number of anilines is 1. The molecule has 1 aromatic rings. The van der Waals surface area contributed by atoms with Crippen LogP contribution in [0, 0.1) is 0 Å². The minimum Gasteiger partial charge on any atom is -0.399 e. The lowest BCUT2D eigenvalue weighted by atomic mass is 10.00. The third-order valence-corrected chi connectivity index (χ3v) is 2.91. The smallest absolute Gasteiger partial charge is 0.316 e. The van der Waals surface area contributed by atoms with E-state index in [9.17, 15) is 9.59 Å². The quantitative estimate of drug-likeness (QED) is 0.549. The van der Waals surface area contributed by atoms with Gasteiger partial charge in [0.05, 0.1) is 5.92 Å². The van der Waals surface area contributed by atoms with Crippen molar-refractivity contribution in [3.8, 4) is 0 Å². The van der Waals surface area contributed by atoms with Crippen molar-refractivity contribution in [2.75, 3.05) is 32.9 Å². The zero-order valence-corrected chi connectivity index (χ0v) is 12.1. The fraction of sp³-hybridized carbons (Fsp3) is 0.429. The standard InChI is InChI=1S/C14H22N4O2/c1-10(11-5-4-6-12(15)9-11)13(19)16-7-8-17-14(20)18(2)3/h4-6,9-10H,7-8,15H2,1-3H3,(H,16,19)(H,17,20). The molecule has 0 aliphatic rings. The summed E-state index contributed by atoms with van der Waals surface area (Å²) in [7, 11) is 3.32. The maximum Gasteiger partial charge on any atom is 0.316 e. The van der Waals surface area contributed by atoms with Crippen LogP contribution in [0.4, 0.5) is 10.5 Å². The van der Waals surface area contributed by atoms with Crippen LogP contribution in [0.5, 0.6) is 0 Å². The van der Waals surface area contributed by atoms with Crippen LogP contribution >= 0.6 is 0 Å². The van der Waals surface area contributed by atoms with E-state index in [1.165, 1.54) is 4.90 Å². The molecule has 1 aromatic carbocycles. The highest BCUT2D eigenvalue weighted by Gasteiger charge is 2.14. The van der Waals surface area contributed by atoms with Gasteiger partial charge in [0.2, 0.25) is 5.91 Å². The molecular formula is C14H22N4O2. The number of amides is 3. The Kier molecular flexibility index (Phi) is 5.83. The van der Waals surface area contributed by atoms with Crippen LogP contribution in [0.25, 0.3) is 0 Å². The molecule has 6 nitrogen and oxygen atoms in total. The lowest BCUT2D eigenvalue weighted by molar-refractivity contribution is -0.122. The first kappa shape index (κ1) is 15.8. The Morgan fingerprint density at radius 1 is 1.25 bits per heavy atom. The van der Waals surface area contributed by atoms with Crippen molar-refractivity contribution in [3.05, 3.63) is 29.8 Å². The van der Waals surface area contributed by atoms with E-state index in [-0.39, 0.29) is 17.9 Å². The molecule has 0 spiro atoms. The van der Waals surface area contributed by atoms with Crippen molar-refractivity contribution >= 4 is 17.6 Å². The van der Waals surface area contributed by atoms with Crippen LogP contribution < -0.4 is 16.4 Å². The maximum atomic E-state index is 12.0. The van der Waals surface area contributed by atoms with Gasteiger partial charge in [-0.15, -0.1) is 0 Å². The number of nitrogen functional groups attached to an aromatic ring is 1. The summed E-state index contributed by atoms with van der Waals surface area (Å²) in [6.45, 7) is 2.61. The minimum absolute atomic E-state index is 0.0882. The van der Waals surface area contributed by atoms with E-state index in [0.29, 0.717) is 18.8 Å². The van der Waals surface area contributed by atoms with E-state index in [1.807, 2.05) is 19.1 Å². The molecule has 110 valence electrons. The molecule has 1 atom stereocenters. The molecule has 0 aliphatic heterocycles. The molecule has 0 aliphatic carbocycles. The number of hydrogen-bond acceptors (Lipinski definition) is 3. The van der Waals surface area contributed by atoms with Crippen molar-refractivity contribution in [1.82, 2.24) is 15.5 Å². The Hall–Kier alpha value is -2.24. The zero-order chi connectivity index (χ0) is 15.1. The van der Waals surface area contributed by atoms with Gasteiger partial charge in [0.1, 0.15) is 0 Å². The molecule has 3 amide bonds. The minimum atomic E-state index is -0.275. The molecule has 0 radical (unpaired) electrons. The fourth-order valence-corrected chi connectivity index (χ4v) is 1.65. The summed E-state index contributed by atoms with van der Waals surface area (Å²) in [4.78, 5) is 24.7. The maximum absolute atomic E-state index is 12.0. The van der Waals surface area contributed by atoms with E-state index in [0.717, 1.165) is 5.56 Å². The van der Waals surface area contributed by atoms with Crippen LogP contribution in [-0.2, 0) is 4.79 Å². The van der Waals surface area contributed by atoms with Crippen LogP contribution in [0.1, 0.15) is 18.4 Å². The number of urea groups is 1. The number of carbonyl (C=O) groups is 2. The monoisotopic (exact) mass is 278 g/mol. The molecule has 1 rings (SSSR count). The predicted molar refractivity (Wildman–Crippen MR) is 79.4 cm³/mol. The van der Waals surface area contributed by atoms with Gasteiger partial charge in [-0.3, -0.25) is 4.79 Å². The van der Waals surface area contributed by atoms with Crippen molar-refractivity contribution < 1.29 is 9.59 Å². The Bertz CT molecular complexity index is 474. The second-order valence-corrected chi connectivity index (χ2v) is 4.81. The predicted octanol–water partition coefficient (Wildman–Crippen LogP) is 0.760. The van der Waals surface area contributed by atoms with E-state index < -0.39 is 0 Å². The van der Waals surface area contributed by atoms with Gasteiger partial charge in [-0.1, -0.05) is 12.1 Å². The first-order valence-corrected chi connectivity index (χ1v) is 6.50. The Labute approximate surface area is 119 Å². The first-order chi connectivity index (χ1) is 9.41. The Morgan fingerprint density at radius 2 is 1.90 bits per heavy atom. The zero-order valence-electron chi connectivity index (χ0n) is 12.1. The molecule has 20 heavy (non-hydrogen) atoms. The molecule has 1 unspecified atom stereocenters. The van der Waals surface area contributed by atoms with Gasteiger partial charge in [0, 0.05) is 32.9 Å². The molecule has 4 N–H and O–H groups in total. The fourth-order valence-electron chi connectivity index (χ4n) is 1.65. The SMILES string of the molecule is CC(C(=O)NCCNC(=O)N(C)C)c1cccc(N)c1. The summed E-state index contributed by atoms with van der Waals surface area (Å²) in [6.07, 6.45) is 0. The van der Waals surface area contributed by atoms with Crippen LogP contribution in [0.15, 0.2) is 24.3 Å². The number of carbonyl (C=O) groups excluding carboxylic acids is 2. The normalized spacial score (nSPS) is 11.6. The molecular weight excluding hydrogens is 256 g/mol. The van der Waals surface area contributed by atoms with Crippen molar-refractivity contribution in [2.45, 2.75) is 12.8 Å². The number of hydrogen-bond donors (Lipinski definition) is 3. The van der Waals surface area contributed by atoms with Gasteiger partial charge < -0.3 is 21.3 Å². The van der Waals surface area contributed by atoms with Gasteiger partial charge >= 0.3 is 6.03 Å². The summed E-state index contributed by atoms with van der Waals surface area (Å²) in [5, 5.41) is 5.46. The number of nitrogens with one attached hydrogen (secondary N) is 2. The molecule has 0 heterocycles. The third-order valence-electron chi connectivity index (χ3n) is 2.91. The summed E-state index contributed by atoms with van der Waals surface area (Å²) < 4.78 is 0. The van der Waals surface area contributed by atoms with E-state index in [1.54, 1.807) is 26.2 Å². The van der Waals surface area contributed by atoms with Crippen LogP contribution in [-0.4, -0.2) is 44.0 Å². The molecule has 0 aromatic heterocycles. The summed E-state index contributed by atoms with van der Waals surface area (Å²) in [5.74, 6) is -0.363. The van der Waals surface area contributed by atoms with Gasteiger partial charge in [-0.25, -0.2) is 4.79 Å². The van der Waals surface area contributed by atoms with Gasteiger partial charge in [-0.05, 0) is 24.6 Å². The highest BCUT2D eigenvalue weighted by molar-refractivity contribution is 5.83. The van der Waals surface area contributed by atoms with Crippen LogP contribution in [0.2, 0.25) is 0 Å². The topological polar surface area (TPSA) is 87.5 Å². The largest absolute Gasteiger partial charge is 0.399 e. The number of nitrogens with zero attached hydrogens (tertiary/aromatic N) is 1. The molecule has 0 saturated heterocycles. The van der Waals surface area contributed by atoms with Crippen molar-refractivity contribution in [3.63, 3.8) is 0 Å². The lowest BCUT2D eigenvalue weighted by Gasteiger charge is -2.15. The molecule has 0 fully saturated rings. The summed E-state index contributed by atoms with van der Waals surface area (Å²) in [6, 6.07) is 7.09. The Morgan fingerprint density at radius 3 is 2.50 bits per heavy atom. The highest BCUT2D eigenvalue weighted by Crippen LogP contribution is 2.17. The van der Waals surface area contributed by atoms with Crippen molar-refractivity contribution in [2.24, 2.45) is 0 Å². The first-order valence-electron chi connectivity index (χ1n) is 6.50. The number of nitrogens with two attached hydrogens (primary N) is 1. The van der Waals surface area contributed by atoms with E-state index in [4.69, 9.17) is 5.73 Å². The second kappa shape index (κ2) is 7.37. The van der Waals surface area contributed by atoms with Crippen LogP contribution in [0.3, 0.4) is 0 Å². The van der Waals surface area contributed by atoms with Gasteiger partial charge in [0.25, 0.3) is 0 Å². The molecule has 6 heteroatoms. The third kappa shape index (κ3) is 4.79. The summed E-state index contributed by atoms with van der Waals surface area (Å²) >= 11 is 0.